The van der Waals surface area contributed by atoms with Crippen molar-refractivity contribution >= 4 is 16.8 Å². The molecule has 3 heterocycles. The quantitative estimate of drug-likeness (QED) is 0.767. The molecule has 0 radical (unpaired) electrons. The van der Waals surface area contributed by atoms with Crippen LogP contribution in [0.2, 0.25) is 0 Å². The van der Waals surface area contributed by atoms with E-state index in [1.54, 1.807) is 0 Å². The normalized spacial score (nSPS) is 24.1. The van der Waals surface area contributed by atoms with Crippen molar-refractivity contribution in [3.63, 3.8) is 0 Å². The number of nitrogens with one attached hydrogen (secondary N) is 1. The minimum atomic E-state index is 0.154. The summed E-state index contributed by atoms with van der Waals surface area (Å²) in [5.41, 5.74) is 1.83. The molecule has 0 unspecified atom stereocenters. The van der Waals surface area contributed by atoms with Crippen molar-refractivity contribution in [2.45, 2.75) is 63.5 Å². The van der Waals surface area contributed by atoms with Crippen LogP contribution in [0.15, 0.2) is 30.5 Å². The fourth-order valence-corrected chi connectivity index (χ4v) is 5.78. The van der Waals surface area contributed by atoms with Crippen molar-refractivity contribution < 1.29 is 9.53 Å². The van der Waals surface area contributed by atoms with Crippen LogP contribution in [-0.4, -0.2) is 65.6 Å². The Morgan fingerprint density at radius 3 is 2.60 bits per heavy atom. The van der Waals surface area contributed by atoms with E-state index in [4.69, 9.17) is 4.74 Å². The lowest BCUT2D eigenvalue weighted by molar-refractivity contribution is 0.0430. The Kier molecular flexibility index (Phi) is 6.09. The van der Waals surface area contributed by atoms with Gasteiger partial charge < -0.3 is 19.5 Å². The summed E-state index contributed by atoms with van der Waals surface area (Å²) < 4.78 is 5.90. The number of carbonyl (C=O) groups is 1. The Balaban J connectivity index is 1.27. The molecule has 3 fully saturated rings. The Hall–Kier alpha value is -1.85. The van der Waals surface area contributed by atoms with Crippen LogP contribution < -0.4 is 0 Å². The van der Waals surface area contributed by atoms with Crippen LogP contribution in [0.1, 0.15) is 61.7 Å². The number of nitrogens with zero attached hydrogens (tertiary/aromatic N) is 2. The van der Waals surface area contributed by atoms with E-state index in [-0.39, 0.29) is 12.0 Å². The predicted octanol–water partition coefficient (Wildman–Crippen LogP) is 4.44. The van der Waals surface area contributed by atoms with Crippen LogP contribution in [0.5, 0.6) is 0 Å². The van der Waals surface area contributed by atoms with E-state index >= 15 is 0 Å². The minimum Gasteiger partial charge on any atom is -0.376 e. The molecule has 5 nitrogen and oxygen atoms in total. The van der Waals surface area contributed by atoms with Crippen molar-refractivity contribution in [2.75, 3.05) is 32.8 Å². The summed E-state index contributed by atoms with van der Waals surface area (Å²) in [6.45, 7) is 4.81. The average Bonchev–Trinajstić information content (AvgIpc) is 3.55. The second-order valence-electron chi connectivity index (χ2n) is 9.51. The molecule has 5 rings (SSSR count). The van der Waals surface area contributed by atoms with Crippen LogP contribution in [-0.2, 0) is 4.74 Å². The average molecular weight is 410 g/mol. The highest BCUT2D eigenvalue weighted by Crippen LogP contribution is 2.29. The molecule has 162 valence electrons. The van der Waals surface area contributed by atoms with Gasteiger partial charge in [-0.1, -0.05) is 31.0 Å². The molecule has 30 heavy (non-hydrogen) atoms. The van der Waals surface area contributed by atoms with Gasteiger partial charge in [-0.25, -0.2) is 0 Å². The molecule has 1 aliphatic carbocycles. The molecule has 0 bridgehead atoms. The van der Waals surface area contributed by atoms with Gasteiger partial charge in [0, 0.05) is 42.8 Å². The molecule has 3 aliphatic rings. The van der Waals surface area contributed by atoms with Crippen LogP contribution in [0, 0.1) is 5.92 Å². The van der Waals surface area contributed by atoms with Crippen LogP contribution >= 0.6 is 0 Å². The third kappa shape index (κ3) is 4.28. The smallest absolute Gasteiger partial charge is 0.256 e. The number of piperidine rings is 1. The third-order valence-corrected chi connectivity index (χ3v) is 7.52. The number of hydrogen-bond acceptors (Lipinski definition) is 3. The number of benzene rings is 1. The van der Waals surface area contributed by atoms with Crippen molar-refractivity contribution in [1.82, 2.24) is 14.8 Å². The monoisotopic (exact) mass is 409 g/mol. The molecule has 5 heteroatoms. The maximum atomic E-state index is 13.6. The molecule has 1 amide bonds. The molecule has 0 spiro atoms. The van der Waals surface area contributed by atoms with E-state index in [1.807, 2.05) is 30.5 Å². The highest BCUT2D eigenvalue weighted by Gasteiger charge is 2.31. The van der Waals surface area contributed by atoms with E-state index in [0.29, 0.717) is 5.92 Å². The number of H-pyrrole nitrogens is 1. The van der Waals surface area contributed by atoms with Crippen LogP contribution in [0.25, 0.3) is 10.9 Å². The summed E-state index contributed by atoms with van der Waals surface area (Å²) in [6.07, 6.45) is 12.2. The summed E-state index contributed by atoms with van der Waals surface area (Å²) in [5.74, 6) is 0.749. The van der Waals surface area contributed by atoms with E-state index in [9.17, 15) is 4.79 Å². The van der Waals surface area contributed by atoms with Gasteiger partial charge >= 0.3 is 0 Å². The molecule has 1 atom stereocenters. The van der Waals surface area contributed by atoms with Gasteiger partial charge in [0.05, 0.1) is 11.7 Å². The number of rotatable bonds is 6. The first-order valence-corrected chi connectivity index (χ1v) is 12.0. The van der Waals surface area contributed by atoms with Gasteiger partial charge in [-0.05, 0) is 63.6 Å². The number of amides is 1. The SMILES string of the molecule is O=C(c1c[nH]c2ccccc12)N(CC1CCN(C2CCCC2)CC1)C[C@H]1CCCO1. The molecule has 2 aromatic rings. The Morgan fingerprint density at radius 2 is 1.83 bits per heavy atom. The Bertz CT molecular complexity index is 843. The van der Waals surface area contributed by atoms with E-state index in [1.165, 1.54) is 51.6 Å². The number of carbonyl (C=O) groups excluding carboxylic acids is 1. The zero-order valence-electron chi connectivity index (χ0n) is 18.0. The molecular weight excluding hydrogens is 374 g/mol. The first kappa shape index (κ1) is 20.1. The van der Waals surface area contributed by atoms with Gasteiger partial charge in [-0.2, -0.15) is 0 Å². The molecule has 2 saturated heterocycles. The lowest BCUT2D eigenvalue weighted by atomic mass is 9.94. The molecule has 1 saturated carbocycles. The number of para-hydroxylation sites is 1. The fourth-order valence-electron chi connectivity index (χ4n) is 5.78. The molecule has 1 aromatic heterocycles. The van der Waals surface area contributed by atoms with Gasteiger partial charge in [0.25, 0.3) is 5.91 Å². The van der Waals surface area contributed by atoms with Crippen molar-refractivity contribution in [3.8, 4) is 0 Å². The highest BCUT2D eigenvalue weighted by atomic mass is 16.5. The largest absolute Gasteiger partial charge is 0.376 e. The van der Waals surface area contributed by atoms with Crippen molar-refractivity contribution in [3.05, 3.63) is 36.0 Å². The predicted molar refractivity (Wildman–Crippen MR) is 120 cm³/mol. The zero-order valence-corrected chi connectivity index (χ0v) is 18.0. The summed E-state index contributed by atoms with van der Waals surface area (Å²) in [6, 6.07) is 8.92. The Labute approximate surface area is 179 Å². The fraction of sp³-hybridized carbons (Fsp3) is 0.640. The zero-order chi connectivity index (χ0) is 20.3. The first-order valence-electron chi connectivity index (χ1n) is 12.0. The summed E-state index contributed by atoms with van der Waals surface area (Å²) in [4.78, 5) is 21.7. The second-order valence-corrected chi connectivity index (χ2v) is 9.51. The van der Waals surface area contributed by atoms with Crippen molar-refractivity contribution in [1.29, 1.82) is 0 Å². The number of aromatic nitrogens is 1. The topological polar surface area (TPSA) is 48.6 Å². The summed E-state index contributed by atoms with van der Waals surface area (Å²) in [7, 11) is 0. The highest BCUT2D eigenvalue weighted by molar-refractivity contribution is 6.06. The lowest BCUT2D eigenvalue weighted by Gasteiger charge is -2.38. The summed E-state index contributed by atoms with van der Waals surface area (Å²) >= 11 is 0. The first-order chi connectivity index (χ1) is 14.8. The number of hydrogen-bond donors (Lipinski definition) is 1. The standard InChI is InChI=1S/C25H35N3O2/c29-25(23-16-26-24-10-4-3-9-22(23)24)28(18-21-8-5-15-30-21)17-19-11-13-27(14-12-19)20-6-1-2-7-20/h3-4,9-10,16,19-21,26H,1-2,5-8,11-15,17-18H2/t21-/m1/s1. The van der Waals surface area contributed by atoms with Gasteiger partial charge in [0.2, 0.25) is 0 Å². The van der Waals surface area contributed by atoms with Crippen molar-refractivity contribution in [2.24, 2.45) is 5.92 Å². The molecule has 1 aromatic carbocycles. The van der Waals surface area contributed by atoms with Crippen LogP contribution in [0.3, 0.4) is 0 Å². The van der Waals surface area contributed by atoms with E-state index in [2.05, 4.69) is 14.8 Å². The minimum absolute atomic E-state index is 0.154. The number of aromatic amines is 1. The molecule has 1 N–H and O–H groups in total. The van der Waals surface area contributed by atoms with Gasteiger partial charge in [0.15, 0.2) is 0 Å². The third-order valence-electron chi connectivity index (χ3n) is 7.52. The van der Waals surface area contributed by atoms with Gasteiger partial charge in [-0.3, -0.25) is 4.79 Å². The van der Waals surface area contributed by atoms with Gasteiger partial charge in [0.1, 0.15) is 0 Å². The van der Waals surface area contributed by atoms with Crippen LogP contribution in [0.4, 0.5) is 0 Å². The Morgan fingerprint density at radius 1 is 1.03 bits per heavy atom. The van der Waals surface area contributed by atoms with E-state index in [0.717, 1.165) is 55.0 Å². The second kappa shape index (κ2) is 9.11. The number of fused-ring (bicyclic) bond motifs is 1. The maximum Gasteiger partial charge on any atom is 0.256 e. The van der Waals surface area contributed by atoms with E-state index < -0.39 is 0 Å². The summed E-state index contributed by atoms with van der Waals surface area (Å²) in [5, 5.41) is 1.02. The maximum absolute atomic E-state index is 13.6. The van der Waals surface area contributed by atoms with Gasteiger partial charge in [-0.15, -0.1) is 0 Å². The molecule has 2 aliphatic heterocycles. The molecular formula is C25H35N3O2. The number of ether oxygens (including phenoxy) is 1. The number of likely N-dealkylation sites (tertiary alicyclic amines) is 1. The lowest BCUT2D eigenvalue weighted by Crippen LogP contribution is -2.45.